The fourth-order valence-electron chi connectivity index (χ4n) is 5.56. The smallest absolute Gasteiger partial charge is 0.227 e. The molecular formula is C22H30N6O. The van der Waals surface area contributed by atoms with Crippen LogP contribution in [0, 0.1) is 11.8 Å². The van der Waals surface area contributed by atoms with E-state index in [2.05, 4.69) is 24.9 Å². The number of rotatable bonds is 3. The first kappa shape index (κ1) is 18.6. The van der Waals surface area contributed by atoms with Crippen LogP contribution >= 0.6 is 0 Å². The van der Waals surface area contributed by atoms with Crippen molar-refractivity contribution in [2.75, 3.05) is 24.5 Å². The number of aromatic nitrogens is 4. The minimum absolute atomic E-state index is 0.0764. The van der Waals surface area contributed by atoms with Crippen molar-refractivity contribution in [2.45, 2.75) is 57.4 Å². The number of carbonyl (C=O) groups is 1. The zero-order valence-corrected chi connectivity index (χ0v) is 17.0. The predicted molar refractivity (Wildman–Crippen MR) is 111 cm³/mol. The standard InChI is InChI=1S/C22H30N6O/c29-22(27-12-4-7-17-6-1-2-9-19(17)27)18-8-3-11-26(15-18)20-14-21(24-16-23-20)28-13-5-10-25-28/h5,10,13-14,16-19H,1-4,6-9,11-12,15H2. The maximum absolute atomic E-state index is 13.5. The van der Waals surface area contributed by atoms with Gasteiger partial charge in [0, 0.05) is 44.1 Å². The Morgan fingerprint density at radius 2 is 1.79 bits per heavy atom. The van der Waals surface area contributed by atoms with E-state index in [4.69, 9.17) is 0 Å². The first-order valence-corrected chi connectivity index (χ1v) is 11.2. The Morgan fingerprint density at radius 1 is 0.966 bits per heavy atom. The van der Waals surface area contributed by atoms with Crippen molar-refractivity contribution in [3.05, 3.63) is 30.9 Å². The van der Waals surface area contributed by atoms with Crippen molar-refractivity contribution in [3.8, 4) is 5.82 Å². The molecule has 1 amide bonds. The van der Waals surface area contributed by atoms with E-state index >= 15 is 0 Å². The Bertz CT molecular complexity index is 836. The first-order valence-electron chi connectivity index (χ1n) is 11.2. The minimum Gasteiger partial charge on any atom is -0.356 e. The van der Waals surface area contributed by atoms with Gasteiger partial charge >= 0.3 is 0 Å². The fourth-order valence-corrected chi connectivity index (χ4v) is 5.56. The van der Waals surface area contributed by atoms with Gasteiger partial charge < -0.3 is 9.80 Å². The number of nitrogens with zero attached hydrogens (tertiary/aromatic N) is 6. The molecule has 2 aromatic rings. The molecule has 0 aromatic carbocycles. The molecule has 7 nitrogen and oxygen atoms in total. The number of anilines is 1. The Hall–Kier alpha value is -2.44. The number of fused-ring (bicyclic) bond motifs is 1. The second-order valence-corrected chi connectivity index (χ2v) is 8.76. The van der Waals surface area contributed by atoms with Gasteiger partial charge in [0.25, 0.3) is 0 Å². The lowest BCUT2D eigenvalue weighted by atomic mass is 9.77. The largest absolute Gasteiger partial charge is 0.356 e. The summed E-state index contributed by atoms with van der Waals surface area (Å²) in [6, 6.07) is 4.35. The molecule has 0 bridgehead atoms. The van der Waals surface area contributed by atoms with Gasteiger partial charge in [0.15, 0.2) is 5.82 Å². The van der Waals surface area contributed by atoms with Gasteiger partial charge in [-0.25, -0.2) is 14.6 Å². The van der Waals surface area contributed by atoms with Crippen LogP contribution in [0.4, 0.5) is 5.82 Å². The van der Waals surface area contributed by atoms with Crippen LogP contribution in [-0.2, 0) is 4.79 Å². The molecule has 0 N–H and O–H groups in total. The van der Waals surface area contributed by atoms with Crippen molar-refractivity contribution in [1.29, 1.82) is 0 Å². The van der Waals surface area contributed by atoms with Gasteiger partial charge in [-0.2, -0.15) is 5.10 Å². The summed E-state index contributed by atoms with van der Waals surface area (Å²) >= 11 is 0. The Morgan fingerprint density at radius 3 is 2.69 bits per heavy atom. The van der Waals surface area contributed by atoms with E-state index in [1.54, 1.807) is 17.2 Å². The molecule has 7 heteroatoms. The summed E-state index contributed by atoms with van der Waals surface area (Å²) in [7, 11) is 0. The van der Waals surface area contributed by atoms with Crippen molar-refractivity contribution >= 4 is 11.7 Å². The van der Waals surface area contributed by atoms with Crippen LogP contribution in [0.2, 0.25) is 0 Å². The van der Waals surface area contributed by atoms with Crippen LogP contribution in [0.25, 0.3) is 5.82 Å². The van der Waals surface area contributed by atoms with Crippen LogP contribution in [0.3, 0.4) is 0 Å². The highest BCUT2D eigenvalue weighted by molar-refractivity contribution is 5.80. The van der Waals surface area contributed by atoms with Crippen molar-refractivity contribution < 1.29 is 4.79 Å². The Balaban J connectivity index is 1.30. The molecule has 3 unspecified atom stereocenters. The maximum atomic E-state index is 13.5. The molecule has 4 heterocycles. The molecule has 2 aromatic heterocycles. The monoisotopic (exact) mass is 394 g/mol. The molecule has 3 atom stereocenters. The van der Waals surface area contributed by atoms with Gasteiger partial charge in [-0.05, 0) is 50.5 Å². The average molecular weight is 395 g/mol. The second-order valence-electron chi connectivity index (χ2n) is 8.76. The lowest BCUT2D eigenvalue weighted by Gasteiger charge is -2.46. The summed E-state index contributed by atoms with van der Waals surface area (Å²) in [6.45, 7) is 2.64. The molecule has 2 saturated heterocycles. The number of likely N-dealkylation sites (tertiary alicyclic amines) is 1. The van der Waals surface area contributed by atoms with E-state index in [-0.39, 0.29) is 5.92 Å². The lowest BCUT2D eigenvalue weighted by Crippen LogP contribution is -2.53. The molecular weight excluding hydrogens is 364 g/mol. The summed E-state index contributed by atoms with van der Waals surface area (Å²) in [5, 5.41) is 4.26. The van der Waals surface area contributed by atoms with E-state index < -0.39 is 0 Å². The van der Waals surface area contributed by atoms with Crippen molar-refractivity contribution in [1.82, 2.24) is 24.6 Å². The van der Waals surface area contributed by atoms with E-state index in [1.165, 1.54) is 38.5 Å². The van der Waals surface area contributed by atoms with Crippen LogP contribution in [0.1, 0.15) is 51.4 Å². The molecule has 5 rings (SSSR count). The Labute approximate surface area is 172 Å². The average Bonchev–Trinajstić information content (AvgIpc) is 3.33. The van der Waals surface area contributed by atoms with E-state index in [0.29, 0.717) is 11.9 Å². The van der Waals surface area contributed by atoms with Gasteiger partial charge in [0.1, 0.15) is 12.1 Å². The third-order valence-electron chi connectivity index (χ3n) is 7.00. The summed E-state index contributed by atoms with van der Waals surface area (Å²) < 4.78 is 1.74. The van der Waals surface area contributed by atoms with Crippen LogP contribution in [0.5, 0.6) is 0 Å². The summed E-state index contributed by atoms with van der Waals surface area (Å²) in [6.07, 6.45) is 14.8. The summed E-state index contributed by atoms with van der Waals surface area (Å²) in [4.78, 5) is 26.8. The van der Waals surface area contributed by atoms with Gasteiger partial charge in [-0.15, -0.1) is 0 Å². The molecule has 29 heavy (non-hydrogen) atoms. The molecule has 3 fully saturated rings. The topological polar surface area (TPSA) is 67.2 Å². The van der Waals surface area contributed by atoms with Gasteiger partial charge in [0.05, 0.1) is 5.92 Å². The number of carbonyl (C=O) groups excluding carboxylic acids is 1. The molecule has 0 radical (unpaired) electrons. The minimum atomic E-state index is 0.0764. The van der Waals surface area contributed by atoms with Crippen LogP contribution in [-0.4, -0.2) is 56.2 Å². The lowest BCUT2D eigenvalue weighted by molar-refractivity contribution is -0.142. The van der Waals surface area contributed by atoms with Crippen LogP contribution in [0.15, 0.2) is 30.9 Å². The molecule has 0 spiro atoms. The molecule has 154 valence electrons. The number of hydrogen-bond acceptors (Lipinski definition) is 5. The summed E-state index contributed by atoms with van der Waals surface area (Å²) in [5.41, 5.74) is 0. The quantitative estimate of drug-likeness (QED) is 0.800. The third kappa shape index (κ3) is 3.74. The summed E-state index contributed by atoms with van der Waals surface area (Å²) in [5.74, 6) is 2.84. The molecule has 1 aliphatic carbocycles. The van der Waals surface area contributed by atoms with Crippen molar-refractivity contribution in [3.63, 3.8) is 0 Å². The third-order valence-corrected chi connectivity index (χ3v) is 7.00. The highest BCUT2D eigenvalue weighted by Crippen LogP contribution is 2.36. The fraction of sp³-hybridized carbons (Fsp3) is 0.636. The van der Waals surface area contributed by atoms with E-state index in [0.717, 1.165) is 50.0 Å². The van der Waals surface area contributed by atoms with Gasteiger partial charge in [0.2, 0.25) is 5.91 Å². The normalized spacial score (nSPS) is 27.5. The highest BCUT2D eigenvalue weighted by atomic mass is 16.2. The van der Waals surface area contributed by atoms with E-state index in [1.807, 2.05) is 18.3 Å². The molecule has 2 aliphatic heterocycles. The number of hydrogen-bond donors (Lipinski definition) is 0. The zero-order valence-electron chi connectivity index (χ0n) is 17.0. The van der Waals surface area contributed by atoms with E-state index in [9.17, 15) is 4.79 Å². The SMILES string of the molecule is O=C(C1CCCN(c2cc(-n3cccn3)ncn2)C1)N1CCCC2CCCCC21. The van der Waals surface area contributed by atoms with Gasteiger partial charge in [-0.3, -0.25) is 4.79 Å². The zero-order chi connectivity index (χ0) is 19.6. The molecule has 1 saturated carbocycles. The highest BCUT2D eigenvalue weighted by Gasteiger charge is 2.39. The number of amides is 1. The predicted octanol–water partition coefficient (Wildman–Crippen LogP) is 3.06. The molecule has 3 aliphatic rings. The van der Waals surface area contributed by atoms with Crippen molar-refractivity contribution in [2.24, 2.45) is 11.8 Å². The second kappa shape index (κ2) is 8.13. The van der Waals surface area contributed by atoms with Gasteiger partial charge in [-0.1, -0.05) is 12.8 Å². The first-order chi connectivity index (χ1) is 14.3. The van der Waals surface area contributed by atoms with Crippen LogP contribution < -0.4 is 4.90 Å². The Kier molecular flexibility index (Phi) is 5.21. The number of piperidine rings is 2. The maximum Gasteiger partial charge on any atom is 0.227 e.